The number of hydrogen-bond acceptors (Lipinski definition) is 3. The predicted octanol–water partition coefficient (Wildman–Crippen LogP) is 5.77. The molecular weight excluding hydrogens is 442 g/mol. The number of pyridine rings is 1. The zero-order valence-electron chi connectivity index (χ0n) is 23.3. The molecule has 2 aromatic rings. The van der Waals surface area contributed by atoms with E-state index in [1.807, 2.05) is 6.92 Å². The molecule has 0 aliphatic carbocycles. The Balaban J connectivity index is 1.86. The van der Waals surface area contributed by atoms with Crippen molar-refractivity contribution in [2.75, 3.05) is 26.2 Å². The van der Waals surface area contributed by atoms with Gasteiger partial charge in [-0.05, 0) is 119 Å². The zero-order chi connectivity index (χ0) is 25.9. The Morgan fingerprint density at radius 3 is 2.47 bits per heavy atom. The van der Waals surface area contributed by atoms with Crippen LogP contribution in [0.25, 0.3) is 0 Å². The molecule has 36 heavy (non-hydrogen) atoms. The first-order valence-electron chi connectivity index (χ1n) is 14.2. The fraction of sp³-hybridized carbons (Fsp3) is 0.594. The summed E-state index contributed by atoms with van der Waals surface area (Å²) in [4.78, 5) is 16.0. The van der Waals surface area contributed by atoms with Crippen molar-refractivity contribution in [1.29, 1.82) is 0 Å². The molecule has 0 unspecified atom stereocenters. The van der Waals surface area contributed by atoms with Gasteiger partial charge < -0.3 is 15.6 Å². The molecule has 0 atom stereocenters. The van der Waals surface area contributed by atoms with E-state index in [0.717, 1.165) is 67.8 Å². The first-order valence-corrected chi connectivity index (χ1v) is 14.2. The molecule has 0 saturated carbocycles. The van der Waals surface area contributed by atoms with E-state index in [1.54, 1.807) is 0 Å². The summed E-state index contributed by atoms with van der Waals surface area (Å²) < 4.78 is 0. The van der Waals surface area contributed by atoms with Crippen molar-refractivity contribution in [2.24, 2.45) is 5.92 Å². The minimum absolute atomic E-state index is 0.0477. The molecule has 4 nitrogen and oxygen atoms in total. The second kappa shape index (κ2) is 14.4. The van der Waals surface area contributed by atoms with E-state index in [0.29, 0.717) is 18.3 Å². The van der Waals surface area contributed by atoms with Crippen LogP contribution in [0.1, 0.15) is 104 Å². The highest BCUT2D eigenvalue weighted by Gasteiger charge is 2.16. The van der Waals surface area contributed by atoms with Gasteiger partial charge in [-0.1, -0.05) is 45.5 Å². The SMILES string of the molecule is CCNCCCCCCc1cc(C#CC2CCNCC2)cc(Cc2c(C(C)C)cc(C)[nH]c2=O)c1C. The van der Waals surface area contributed by atoms with Crippen LogP contribution in [0.5, 0.6) is 0 Å². The number of aromatic amines is 1. The van der Waals surface area contributed by atoms with Crippen LogP contribution in [-0.2, 0) is 12.8 Å². The third-order valence-corrected chi connectivity index (χ3v) is 7.48. The number of piperidine rings is 1. The number of aryl methyl sites for hydroxylation is 2. The second-order valence-corrected chi connectivity index (χ2v) is 10.8. The smallest absolute Gasteiger partial charge is 0.251 e. The molecule has 3 rings (SSSR count). The summed E-state index contributed by atoms with van der Waals surface area (Å²) >= 11 is 0. The molecule has 0 amide bonds. The molecule has 1 aromatic carbocycles. The van der Waals surface area contributed by atoms with Crippen molar-refractivity contribution in [3.05, 3.63) is 67.6 Å². The minimum Gasteiger partial charge on any atom is -0.326 e. The van der Waals surface area contributed by atoms with Gasteiger partial charge in [-0.3, -0.25) is 4.79 Å². The maximum atomic E-state index is 13.0. The summed E-state index contributed by atoms with van der Waals surface area (Å²) in [5.74, 6) is 7.86. The van der Waals surface area contributed by atoms with Crippen molar-refractivity contribution >= 4 is 0 Å². The van der Waals surface area contributed by atoms with Gasteiger partial charge in [0.1, 0.15) is 0 Å². The van der Waals surface area contributed by atoms with Gasteiger partial charge in [0, 0.05) is 29.2 Å². The maximum absolute atomic E-state index is 13.0. The number of rotatable bonds is 11. The van der Waals surface area contributed by atoms with Crippen LogP contribution >= 0.6 is 0 Å². The molecule has 1 aliphatic rings. The quantitative estimate of drug-likeness (QED) is 0.277. The molecule has 2 heterocycles. The number of hydrogen-bond donors (Lipinski definition) is 3. The molecule has 3 N–H and O–H groups in total. The number of benzene rings is 1. The van der Waals surface area contributed by atoms with E-state index in [-0.39, 0.29) is 5.56 Å². The van der Waals surface area contributed by atoms with Gasteiger partial charge in [0.2, 0.25) is 0 Å². The van der Waals surface area contributed by atoms with Crippen LogP contribution in [0, 0.1) is 31.6 Å². The third-order valence-electron chi connectivity index (χ3n) is 7.48. The first-order chi connectivity index (χ1) is 17.4. The highest BCUT2D eigenvalue weighted by atomic mass is 16.1. The molecule has 0 radical (unpaired) electrons. The molecule has 1 fully saturated rings. The number of nitrogens with one attached hydrogen (secondary N) is 3. The Hall–Kier alpha value is -2.35. The lowest BCUT2D eigenvalue weighted by atomic mass is 9.88. The molecule has 1 saturated heterocycles. The van der Waals surface area contributed by atoms with Crippen LogP contribution < -0.4 is 16.2 Å². The fourth-order valence-electron chi connectivity index (χ4n) is 5.23. The predicted molar refractivity (Wildman–Crippen MR) is 153 cm³/mol. The fourth-order valence-corrected chi connectivity index (χ4v) is 5.23. The number of aromatic nitrogens is 1. The summed E-state index contributed by atoms with van der Waals surface area (Å²) in [7, 11) is 0. The monoisotopic (exact) mass is 489 g/mol. The summed E-state index contributed by atoms with van der Waals surface area (Å²) in [6.45, 7) is 15.0. The van der Waals surface area contributed by atoms with E-state index in [4.69, 9.17) is 0 Å². The lowest BCUT2D eigenvalue weighted by Crippen LogP contribution is -2.26. The topological polar surface area (TPSA) is 56.9 Å². The van der Waals surface area contributed by atoms with Crippen LogP contribution in [-0.4, -0.2) is 31.2 Å². The lowest BCUT2D eigenvalue weighted by molar-refractivity contribution is 0.447. The number of unbranched alkanes of at least 4 members (excludes halogenated alkanes) is 3. The second-order valence-electron chi connectivity index (χ2n) is 10.8. The van der Waals surface area contributed by atoms with Crippen molar-refractivity contribution in [1.82, 2.24) is 15.6 Å². The van der Waals surface area contributed by atoms with Gasteiger partial charge in [-0.15, -0.1) is 0 Å². The van der Waals surface area contributed by atoms with Crippen LogP contribution in [0.2, 0.25) is 0 Å². The van der Waals surface area contributed by atoms with Gasteiger partial charge in [0.25, 0.3) is 5.56 Å². The zero-order valence-corrected chi connectivity index (χ0v) is 23.3. The molecular formula is C32H47N3O. The summed E-state index contributed by atoms with van der Waals surface area (Å²) in [5.41, 5.74) is 8.09. The van der Waals surface area contributed by atoms with Crippen LogP contribution in [0.15, 0.2) is 23.0 Å². The molecule has 1 aromatic heterocycles. The largest absolute Gasteiger partial charge is 0.326 e. The molecule has 4 heteroatoms. The maximum Gasteiger partial charge on any atom is 0.251 e. The molecule has 0 spiro atoms. The number of H-pyrrole nitrogens is 1. The average molecular weight is 490 g/mol. The Morgan fingerprint density at radius 1 is 1.03 bits per heavy atom. The molecule has 0 bridgehead atoms. The van der Waals surface area contributed by atoms with Gasteiger partial charge in [0.15, 0.2) is 0 Å². The van der Waals surface area contributed by atoms with Gasteiger partial charge >= 0.3 is 0 Å². The van der Waals surface area contributed by atoms with E-state index in [1.165, 1.54) is 42.4 Å². The van der Waals surface area contributed by atoms with Gasteiger partial charge in [0.05, 0.1) is 0 Å². The summed E-state index contributed by atoms with van der Waals surface area (Å²) in [6, 6.07) is 6.70. The van der Waals surface area contributed by atoms with Crippen LogP contribution in [0.4, 0.5) is 0 Å². The van der Waals surface area contributed by atoms with Gasteiger partial charge in [-0.25, -0.2) is 0 Å². The van der Waals surface area contributed by atoms with Crippen molar-refractivity contribution in [3.63, 3.8) is 0 Å². The van der Waals surface area contributed by atoms with Gasteiger partial charge in [-0.2, -0.15) is 0 Å². The Morgan fingerprint density at radius 2 is 1.75 bits per heavy atom. The van der Waals surface area contributed by atoms with E-state index in [9.17, 15) is 4.79 Å². The molecule has 1 aliphatic heterocycles. The van der Waals surface area contributed by atoms with E-state index in [2.05, 4.69) is 73.4 Å². The minimum atomic E-state index is 0.0477. The van der Waals surface area contributed by atoms with Crippen molar-refractivity contribution in [2.45, 2.75) is 91.9 Å². The Bertz CT molecular complexity index is 1100. The highest BCUT2D eigenvalue weighted by molar-refractivity contribution is 5.48. The normalized spacial score (nSPS) is 14.2. The third kappa shape index (κ3) is 8.36. The summed E-state index contributed by atoms with van der Waals surface area (Å²) in [6.07, 6.45) is 8.94. The average Bonchev–Trinajstić information content (AvgIpc) is 2.86. The first kappa shape index (κ1) is 28.2. The molecule has 196 valence electrons. The lowest BCUT2D eigenvalue weighted by Gasteiger charge is -2.18. The van der Waals surface area contributed by atoms with E-state index >= 15 is 0 Å². The standard InChI is InChI=1S/C32H47N3O/c1-6-33-16-10-8-7-9-11-28-20-27(13-12-26-14-17-34-18-15-26)21-29(25(28)5)22-31-30(23(2)3)19-24(4)35-32(31)36/h19-21,23,26,33-34H,6-11,14-18,22H2,1-5H3,(H,35,36). The van der Waals surface area contributed by atoms with Crippen molar-refractivity contribution < 1.29 is 0 Å². The van der Waals surface area contributed by atoms with Crippen molar-refractivity contribution in [3.8, 4) is 11.8 Å². The van der Waals surface area contributed by atoms with E-state index < -0.39 is 0 Å². The highest BCUT2D eigenvalue weighted by Crippen LogP contribution is 2.25. The Kier molecular flexibility index (Phi) is 11.3. The Labute approximate surface area is 219 Å². The van der Waals surface area contributed by atoms with Crippen LogP contribution in [0.3, 0.4) is 0 Å². The summed E-state index contributed by atoms with van der Waals surface area (Å²) in [5, 5.41) is 6.85.